The van der Waals surface area contributed by atoms with Crippen LogP contribution in [0.4, 0.5) is 39.8 Å². The van der Waals surface area contributed by atoms with E-state index in [4.69, 9.17) is 4.74 Å². The predicted octanol–water partition coefficient (Wildman–Crippen LogP) is 8.47. The van der Waals surface area contributed by atoms with E-state index in [0.717, 1.165) is 28.3 Å². The van der Waals surface area contributed by atoms with E-state index in [0.29, 0.717) is 55.0 Å². The summed E-state index contributed by atoms with van der Waals surface area (Å²) in [5, 5.41) is 47.6. The summed E-state index contributed by atoms with van der Waals surface area (Å²) >= 11 is 0. The number of nitrogens with zero attached hydrogens (tertiary/aromatic N) is 4. The Morgan fingerprint density at radius 2 is 1.52 bits per heavy atom. The highest BCUT2D eigenvalue weighted by Gasteiger charge is 2.27. The number of ether oxygens (including phenoxy) is 1. The predicted molar refractivity (Wildman–Crippen MR) is 242 cm³/mol. The fourth-order valence-corrected chi connectivity index (χ4v) is 9.49. The van der Waals surface area contributed by atoms with Gasteiger partial charge in [0.1, 0.15) is 28.2 Å². The number of azo groups is 1. The van der Waals surface area contributed by atoms with Crippen molar-refractivity contribution >= 4 is 76.5 Å². The van der Waals surface area contributed by atoms with Gasteiger partial charge in [-0.05, 0) is 98.1 Å². The second-order valence-corrected chi connectivity index (χ2v) is 18.3. The van der Waals surface area contributed by atoms with Gasteiger partial charge in [0.15, 0.2) is 0 Å². The van der Waals surface area contributed by atoms with Crippen LogP contribution in [-0.2, 0) is 36.1 Å². The summed E-state index contributed by atoms with van der Waals surface area (Å²) in [5.74, 6) is -0.890. The first-order valence-corrected chi connectivity index (χ1v) is 22.6. The van der Waals surface area contributed by atoms with Gasteiger partial charge < -0.3 is 30.5 Å². The van der Waals surface area contributed by atoms with Gasteiger partial charge in [0.05, 0.1) is 52.1 Å². The third kappa shape index (κ3) is 9.81. The Balaban J connectivity index is 1.21. The molecule has 1 aliphatic heterocycles. The number of hydrogen-bond acceptors (Lipinski definition) is 13. The van der Waals surface area contributed by atoms with Gasteiger partial charge in [-0.2, -0.15) is 5.26 Å². The molecule has 0 unspecified atom stereocenters. The van der Waals surface area contributed by atoms with E-state index in [9.17, 15) is 37.1 Å². The van der Waals surface area contributed by atoms with Crippen LogP contribution in [0.2, 0.25) is 0 Å². The molecule has 6 aromatic rings. The molecule has 6 aromatic carbocycles. The maximum atomic E-state index is 14.0. The van der Waals surface area contributed by atoms with E-state index in [-0.39, 0.29) is 55.3 Å². The Morgan fingerprint density at radius 3 is 2.25 bits per heavy atom. The van der Waals surface area contributed by atoms with Gasteiger partial charge in [-0.15, -0.1) is 10.2 Å². The summed E-state index contributed by atoms with van der Waals surface area (Å²) < 4.78 is 66.1. The molecule has 0 aliphatic carbocycles. The van der Waals surface area contributed by atoms with Crippen molar-refractivity contribution in [3.05, 3.63) is 125 Å². The summed E-state index contributed by atoms with van der Waals surface area (Å²) in [4.78, 5) is 13.3. The van der Waals surface area contributed by atoms with Crippen molar-refractivity contribution in [2.45, 2.75) is 44.0 Å². The SMILES string of the molecule is CC(=O)Nc1cc(N=Nc2ccc(S(=O)(=O)Nc3ccc(N4CCOCC4)c(S(=O)(=O)Nc4cc(C)c(C)cc4O)c3)cc2C#N)c2c(NCc3cccc(C)c3)cccc2c1O. The van der Waals surface area contributed by atoms with Crippen molar-refractivity contribution in [3.8, 4) is 17.6 Å². The molecule has 1 amide bonds. The molecule has 0 aromatic heterocycles. The smallest absolute Gasteiger partial charge is 0.264 e. The molecular formula is C45H44N8O8S2. The average molecular weight is 889 g/mol. The Kier molecular flexibility index (Phi) is 12.6. The van der Waals surface area contributed by atoms with Gasteiger partial charge in [0, 0.05) is 43.0 Å². The number of rotatable bonds is 13. The zero-order chi connectivity index (χ0) is 45.1. The lowest BCUT2D eigenvalue weighted by Gasteiger charge is -2.30. The van der Waals surface area contributed by atoms with Gasteiger partial charge in [0.2, 0.25) is 5.91 Å². The van der Waals surface area contributed by atoms with Gasteiger partial charge in [0.25, 0.3) is 20.0 Å². The number of nitriles is 1. The summed E-state index contributed by atoms with van der Waals surface area (Å²) in [6, 6.07) is 27.3. The summed E-state index contributed by atoms with van der Waals surface area (Å²) in [7, 11) is -8.84. The lowest BCUT2D eigenvalue weighted by Crippen LogP contribution is -2.37. The Morgan fingerprint density at radius 1 is 0.794 bits per heavy atom. The quantitative estimate of drug-likeness (QED) is 0.0475. The second-order valence-electron chi connectivity index (χ2n) is 15.0. The van der Waals surface area contributed by atoms with Crippen LogP contribution in [0.1, 0.15) is 34.7 Å². The third-order valence-electron chi connectivity index (χ3n) is 10.4. The first-order valence-electron chi connectivity index (χ1n) is 19.7. The number of phenolic OH excluding ortho intramolecular Hbond substituents is 2. The molecule has 18 heteroatoms. The average Bonchev–Trinajstić information content (AvgIpc) is 3.25. The topological polar surface area (TPSA) is 235 Å². The van der Waals surface area contributed by atoms with Crippen LogP contribution in [0.15, 0.2) is 117 Å². The van der Waals surface area contributed by atoms with Crippen molar-refractivity contribution in [1.82, 2.24) is 0 Å². The highest BCUT2D eigenvalue weighted by atomic mass is 32.2. The highest BCUT2D eigenvalue weighted by Crippen LogP contribution is 2.44. The highest BCUT2D eigenvalue weighted by molar-refractivity contribution is 7.93. The fourth-order valence-electron chi connectivity index (χ4n) is 7.10. The van der Waals surface area contributed by atoms with Crippen LogP contribution in [0.3, 0.4) is 0 Å². The van der Waals surface area contributed by atoms with Gasteiger partial charge in [-0.1, -0.05) is 42.0 Å². The van der Waals surface area contributed by atoms with E-state index >= 15 is 0 Å². The number of fused-ring (bicyclic) bond motifs is 1. The molecule has 1 aliphatic rings. The Bertz CT molecular complexity index is 3070. The first-order chi connectivity index (χ1) is 30.0. The van der Waals surface area contributed by atoms with E-state index in [1.165, 1.54) is 55.5 Å². The molecule has 0 saturated carbocycles. The molecule has 324 valence electrons. The number of morpholine rings is 1. The monoisotopic (exact) mass is 888 g/mol. The van der Waals surface area contributed by atoms with Crippen LogP contribution in [0.25, 0.3) is 10.8 Å². The van der Waals surface area contributed by atoms with E-state index < -0.39 is 26.0 Å². The number of benzene rings is 6. The van der Waals surface area contributed by atoms with Crippen molar-refractivity contribution in [1.29, 1.82) is 5.26 Å². The first kappa shape index (κ1) is 43.9. The number of aryl methyl sites for hydroxylation is 3. The summed E-state index contributed by atoms with van der Waals surface area (Å²) in [5.41, 5.74) is 4.58. The van der Waals surface area contributed by atoms with Crippen LogP contribution in [0.5, 0.6) is 11.5 Å². The lowest BCUT2D eigenvalue weighted by molar-refractivity contribution is -0.114. The zero-order valence-corrected chi connectivity index (χ0v) is 36.4. The summed E-state index contributed by atoms with van der Waals surface area (Å²) in [6.07, 6.45) is 0. The van der Waals surface area contributed by atoms with Crippen molar-refractivity contribution < 1.29 is 36.6 Å². The molecule has 1 heterocycles. The maximum Gasteiger partial charge on any atom is 0.264 e. The number of carbonyl (C=O) groups is 1. The minimum atomic E-state index is -4.43. The van der Waals surface area contributed by atoms with Crippen LogP contribution < -0.4 is 25.0 Å². The van der Waals surface area contributed by atoms with Crippen molar-refractivity contribution in [3.63, 3.8) is 0 Å². The number of hydrogen-bond donors (Lipinski definition) is 6. The molecule has 0 radical (unpaired) electrons. The second kappa shape index (κ2) is 18.0. The molecule has 0 bridgehead atoms. The molecule has 1 fully saturated rings. The number of nitrogens with one attached hydrogen (secondary N) is 4. The normalized spacial score (nSPS) is 13.2. The molecule has 0 atom stereocenters. The minimum absolute atomic E-state index is 0.0212. The largest absolute Gasteiger partial charge is 0.506 e. The van der Waals surface area contributed by atoms with Gasteiger partial charge in [-0.25, -0.2) is 16.8 Å². The molecule has 6 N–H and O–H groups in total. The molecule has 0 spiro atoms. The standard InChI is InChI=1S/C45H44N8O8S2/c1-27-7-5-8-31(19-27)26-47-37-10-6-9-35-44(37)39(24-40(45(35)56)48-30(4)54)50-49-36-13-12-34(22-32(36)25-46)62(57,58)51-33-11-14-41(53-15-17-61-18-16-53)43(23-33)63(59,60)52-38-20-28(2)29(3)21-42(38)55/h5-14,19-24,47,51-52,55-56H,15-18,26H2,1-4H3,(H,48,54). The summed E-state index contributed by atoms with van der Waals surface area (Å²) in [6.45, 7) is 8.76. The number of amides is 1. The molecule has 63 heavy (non-hydrogen) atoms. The van der Waals surface area contributed by atoms with E-state index in [1.54, 1.807) is 26.0 Å². The van der Waals surface area contributed by atoms with Crippen molar-refractivity contribution in [2.75, 3.05) is 51.3 Å². The number of sulfonamides is 2. The number of phenols is 2. The number of carbonyl (C=O) groups excluding carboxylic acids is 1. The van der Waals surface area contributed by atoms with Crippen molar-refractivity contribution in [2.24, 2.45) is 10.2 Å². The maximum absolute atomic E-state index is 14.0. The molecule has 7 rings (SSSR count). The minimum Gasteiger partial charge on any atom is -0.506 e. The molecule has 1 saturated heterocycles. The number of anilines is 5. The van der Waals surface area contributed by atoms with Gasteiger partial charge in [-0.3, -0.25) is 14.2 Å². The molecular weight excluding hydrogens is 845 g/mol. The number of aromatic hydroxyl groups is 2. The van der Waals surface area contributed by atoms with Crippen LogP contribution in [0, 0.1) is 32.1 Å². The van der Waals surface area contributed by atoms with E-state index in [2.05, 4.69) is 30.3 Å². The lowest BCUT2D eigenvalue weighted by atomic mass is 10.0. The van der Waals surface area contributed by atoms with Crippen LogP contribution >= 0.6 is 0 Å². The third-order valence-corrected chi connectivity index (χ3v) is 13.1. The van der Waals surface area contributed by atoms with Gasteiger partial charge >= 0.3 is 0 Å². The molecule has 16 nitrogen and oxygen atoms in total. The van der Waals surface area contributed by atoms with Crippen LogP contribution in [-0.4, -0.2) is 59.3 Å². The Labute approximate surface area is 365 Å². The fraction of sp³-hybridized carbons (Fsp3) is 0.200. The zero-order valence-electron chi connectivity index (χ0n) is 34.7. The Hall–Kier alpha value is -7.20. The van der Waals surface area contributed by atoms with E-state index in [1.807, 2.05) is 48.2 Å².